The van der Waals surface area contributed by atoms with Crippen LogP contribution in [0, 0.1) is 0 Å². The van der Waals surface area contributed by atoms with Gasteiger partial charge in [0.1, 0.15) is 4.88 Å². The number of aromatic nitrogens is 1. The van der Waals surface area contributed by atoms with Crippen molar-refractivity contribution < 1.29 is 9.59 Å². The largest absolute Gasteiger partial charge is 0.399 e. The zero-order valence-electron chi connectivity index (χ0n) is 16.0. The molecule has 3 heterocycles. The van der Waals surface area contributed by atoms with E-state index in [1.807, 2.05) is 19.1 Å². The number of carbonyl (C=O) groups excluding carboxylic acids is 2. The lowest BCUT2D eigenvalue weighted by Gasteiger charge is -2.28. The van der Waals surface area contributed by atoms with Crippen molar-refractivity contribution in [1.82, 2.24) is 4.98 Å². The van der Waals surface area contributed by atoms with E-state index in [1.165, 1.54) is 18.3 Å². The van der Waals surface area contributed by atoms with Crippen molar-refractivity contribution in [2.24, 2.45) is 0 Å². The number of allylic oxidation sites excluding steroid dienone is 2. The van der Waals surface area contributed by atoms with E-state index >= 15 is 0 Å². The van der Waals surface area contributed by atoms with Crippen molar-refractivity contribution in [3.63, 3.8) is 0 Å². The smallest absolute Gasteiger partial charge is 0.205 e. The Bertz CT molecular complexity index is 1160. The zero-order chi connectivity index (χ0) is 20.7. The molecule has 0 bridgehead atoms. The number of ketones is 2. The van der Waals surface area contributed by atoms with Crippen LogP contribution >= 0.6 is 11.3 Å². The molecule has 0 fully saturated rings. The highest BCUT2D eigenvalue weighted by Gasteiger charge is 2.36. The Morgan fingerprint density at radius 2 is 1.97 bits per heavy atom. The van der Waals surface area contributed by atoms with E-state index in [0.717, 1.165) is 21.8 Å². The highest BCUT2D eigenvalue weighted by molar-refractivity contribution is 7.19. The third-order valence-electron chi connectivity index (χ3n) is 5.02. The Morgan fingerprint density at radius 1 is 1.17 bits per heavy atom. The van der Waals surface area contributed by atoms with Crippen LogP contribution in [0.15, 0.2) is 60.1 Å². The van der Waals surface area contributed by atoms with E-state index in [-0.39, 0.29) is 17.5 Å². The molecule has 0 amide bonds. The number of nitrogen functional groups attached to an aromatic ring is 2. The van der Waals surface area contributed by atoms with Crippen LogP contribution in [-0.4, -0.2) is 16.6 Å². The summed E-state index contributed by atoms with van der Waals surface area (Å²) in [5.74, 6) is -0.622. The maximum absolute atomic E-state index is 13.1. The van der Waals surface area contributed by atoms with Gasteiger partial charge in [0.15, 0.2) is 5.78 Å². The highest BCUT2D eigenvalue weighted by atomic mass is 32.1. The predicted molar refractivity (Wildman–Crippen MR) is 116 cm³/mol. The van der Waals surface area contributed by atoms with Gasteiger partial charge in [-0.2, -0.15) is 0 Å². The number of Topliss-reactive ketones (excluding diaryl/α,β-unsaturated/α-hetero) is 1. The number of hydrogen-bond acceptors (Lipinski definition) is 7. The second-order valence-corrected chi connectivity index (χ2v) is 8.00. The van der Waals surface area contributed by atoms with Crippen LogP contribution in [0.25, 0.3) is 0 Å². The number of nitrogens with one attached hydrogen (secondary N) is 1. The summed E-state index contributed by atoms with van der Waals surface area (Å²) >= 11 is 1.29. The molecule has 0 radical (unpaired) electrons. The molecule has 1 aliphatic heterocycles. The summed E-state index contributed by atoms with van der Waals surface area (Å²) in [4.78, 5) is 30.2. The number of thiophene rings is 1. The molecule has 5 N–H and O–H groups in total. The van der Waals surface area contributed by atoms with Gasteiger partial charge in [-0.15, -0.1) is 11.3 Å². The van der Waals surface area contributed by atoms with Gasteiger partial charge in [-0.25, -0.2) is 0 Å². The van der Waals surface area contributed by atoms with Crippen LogP contribution in [0.1, 0.15) is 46.1 Å². The summed E-state index contributed by atoms with van der Waals surface area (Å²) in [6.07, 6.45) is 3.41. The van der Waals surface area contributed by atoms with Crippen LogP contribution in [0.2, 0.25) is 0 Å². The Kier molecular flexibility index (Phi) is 4.68. The molecule has 6 nitrogen and oxygen atoms in total. The number of anilines is 3. The summed E-state index contributed by atoms with van der Waals surface area (Å²) < 4.78 is 0. The first-order chi connectivity index (χ1) is 13.9. The summed E-state index contributed by atoms with van der Waals surface area (Å²) in [7, 11) is 0. The number of pyridine rings is 1. The molecule has 146 valence electrons. The molecule has 0 aliphatic carbocycles. The molecular weight excluding hydrogens is 384 g/mol. The lowest BCUT2D eigenvalue weighted by molar-refractivity contribution is -0.113. The Balaban J connectivity index is 1.89. The molecule has 1 unspecified atom stereocenters. The zero-order valence-corrected chi connectivity index (χ0v) is 16.8. The van der Waals surface area contributed by atoms with Gasteiger partial charge in [-0.1, -0.05) is 18.2 Å². The molecule has 1 atom stereocenters. The van der Waals surface area contributed by atoms with Gasteiger partial charge in [-0.05, 0) is 37.6 Å². The van der Waals surface area contributed by atoms with E-state index in [9.17, 15) is 9.59 Å². The fourth-order valence-corrected chi connectivity index (χ4v) is 4.94. The summed E-state index contributed by atoms with van der Waals surface area (Å²) in [6, 6.07) is 10.6. The Hall–Kier alpha value is -3.45. The van der Waals surface area contributed by atoms with Crippen molar-refractivity contribution in [2.75, 3.05) is 16.8 Å². The lowest BCUT2D eigenvalue weighted by Crippen LogP contribution is -2.21. The normalized spacial score (nSPS) is 15.6. The average molecular weight is 404 g/mol. The standard InChI is InChI=1S/C22H20N4O2S/c1-11-16(12(2)27)17(14-6-4-8-25-10-14)18-19(24)21(29-22(18)26-11)20(28)13-5-3-7-15(23)9-13/h3-10,17,26H,23-24H2,1-2H3. The molecular formula is C22H20N4O2S. The Morgan fingerprint density at radius 3 is 2.62 bits per heavy atom. The molecule has 1 aliphatic rings. The van der Waals surface area contributed by atoms with Crippen LogP contribution < -0.4 is 16.8 Å². The summed E-state index contributed by atoms with van der Waals surface area (Å²) in [6.45, 7) is 3.40. The van der Waals surface area contributed by atoms with Gasteiger partial charge in [0.05, 0.1) is 10.7 Å². The van der Waals surface area contributed by atoms with E-state index < -0.39 is 0 Å². The monoisotopic (exact) mass is 404 g/mol. The highest BCUT2D eigenvalue weighted by Crippen LogP contribution is 2.50. The van der Waals surface area contributed by atoms with Crippen molar-refractivity contribution in [2.45, 2.75) is 19.8 Å². The van der Waals surface area contributed by atoms with Gasteiger partial charge in [-0.3, -0.25) is 14.6 Å². The van der Waals surface area contributed by atoms with E-state index in [2.05, 4.69) is 10.3 Å². The molecule has 0 saturated carbocycles. The van der Waals surface area contributed by atoms with E-state index in [4.69, 9.17) is 11.5 Å². The number of benzene rings is 1. The average Bonchev–Trinajstić information content (AvgIpc) is 3.02. The van der Waals surface area contributed by atoms with Gasteiger partial charge >= 0.3 is 0 Å². The number of carbonyl (C=O) groups is 2. The first kappa shape index (κ1) is 18.9. The molecule has 3 aromatic rings. The SMILES string of the molecule is CC(=O)C1=C(C)Nc2sc(C(=O)c3cccc(N)c3)c(N)c2C1c1cccnc1. The number of nitrogens with zero attached hydrogens (tertiary/aromatic N) is 1. The quantitative estimate of drug-likeness (QED) is 0.448. The van der Waals surface area contributed by atoms with Crippen LogP contribution in [0.5, 0.6) is 0 Å². The molecule has 7 heteroatoms. The summed E-state index contributed by atoms with van der Waals surface area (Å²) in [5.41, 5.74) is 16.7. The topological polar surface area (TPSA) is 111 Å². The number of hydrogen-bond donors (Lipinski definition) is 3. The van der Waals surface area contributed by atoms with Gasteiger partial charge in [0.2, 0.25) is 5.78 Å². The number of nitrogens with two attached hydrogens (primary N) is 2. The molecule has 4 rings (SSSR count). The second-order valence-electron chi connectivity index (χ2n) is 6.98. The van der Waals surface area contributed by atoms with Crippen molar-refractivity contribution in [3.05, 3.63) is 81.6 Å². The van der Waals surface area contributed by atoms with Crippen molar-refractivity contribution >= 4 is 39.3 Å². The van der Waals surface area contributed by atoms with Crippen LogP contribution in [0.3, 0.4) is 0 Å². The molecule has 2 aromatic heterocycles. The molecule has 1 aromatic carbocycles. The number of rotatable bonds is 4. The third kappa shape index (κ3) is 3.19. The van der Waals surface area contributed by atoms with Gasteiger partial charge in [0, 0.05) is 46.4 Å². The fraction of sp³-hybridized carbons (Fsp3) is 0.136. The van der Waals surface area contributed by atoms with Crippen molar-refractivity contribution in [3.8, 4) is 0 Å². The molecule has 0 spiro atoms. The van der Waals surface area contributed by atoms with Gasteiger partial charge in [0.25, 0.3) is 0 Å². The Labute approximate surface area is 172 Å². The maximum atomic E-state index is 13.1. The predicted octanol–water partition coefficient (Wildman–Crippen LogP) is 3.96. The summed E-state index contributed by atoms with van der Waals surface area (Å²) in [5, 5.41) is 4.04. The van der Waals surface area contributed by atoms with Crippen LogP contribution in [0.4, 0.5) is 16.4 Å². The number of fused-ring (bicyclic) bond motifs is 1. The minimum absolute atomic E-state index is 0.0520. The first-order valence-corrected chi connectivity index (χ1v) is 9.91. The van der Waals surface area contributed by atoms with Gasteiger partial charge < -0.3 is 16.8 Å². The minimum atomic E-state index is -0.379. The first-order valence-electron chi connectivity index (χ1n) is 9.09. The molecule has 0 saturated heterocycles. The third-order valence-corrected chi connectivity index (χ3v) is 6.15. The maximum Gasteiger partial charge on any atom is 0.205 e. The lowest BCUT2D eigenvalue weighted by atomic mass is 9.81. The fourth-order valence-electron chi connectivity index (χ4n) is 3.76. The molecule has 29 heavy (non-hydrogen) atoms. The van der Waals surface area contributed by atoms with Crippen molar-refractivity contribution in [1.29, 1.82) is 0 Å². The van der Waals surface area contributed by atoms with E-state index in [1.54, 1.807) is 36.7 Å². The van der Waals surface area contributed by atoms with Crippen LogP contribution in [-0.2, 0) is 4.79 Å². The minimum Gasteiger partial charge on any atom is -0.399 e. The van der Waals surface area contributed by atoms with E-state index in [0.29, 0.717) is 27.4 Å². The second kappa shape index (κ2) is 7.18.